The number of aromatic nitrogens is 1. The zero-order chi connectivity index (χ0) is 16.9. The standard InChI is InChI=1S/C19H19N3OS/c1-13-7-8-17(14(2)9-13)18-12-24-19(21-18)22-20-11-15-5-4-6-16(10-15)23-3/h4-12H,1-3H3,(H,21,22). The number of hydrazone groups is 1. The molecule has 122 valence electrons. The summed E-state index contributed by atoms with van der Waals surface area (Å²) < 4.78 is 5.20. The number of hydrogen-bond donors (Lipinski definition) is 1. The van der Waals surface area contributed by atoms with Gasteiger partial charge in [0.25, 0.3) is 0 Å². The molecule has 0 bridgehead atoms. The second-order valence-corrected chi connectivity index (χ2v) is 6.36. The van der Waals surface area contributed by atoms with Gasteiger partial charge in [0.1, 0.15) is 5.75 Å². The van der Waals surface area contributed by atoms with E-state index in [4.69, 9.17) is 4.74 Å². The smallest absolute Gasteiger partial charge is 0.203 e. The van der Waals surface area contributed by atoms with Crippen molar-refractivity contribution in [2.75, 3.05) is 12.5 Å². The van der Waals surface area contributed by atoms with E-state index in [2.05, 4.69) is 47.6 Å². The van der Waals surface area contributed by atoms with Crippen LogP contribution in [0, 0.1) is 13.8 Å². The van der Waals surface area contributed by atoms with Crippen LogP contribution in [-0.2, 0) is 0 Å². The molecule has 3 aromatic rings. The van der Waals surface area contributed by atoms with E-state index < -0.39 is 0 Å². The molecule has 1 N–H and O–H groups in total. The molecular weight excluding hydrogens is 318 g/mol. The lowest BCUT2D eigenvalue weighted by Gasteiger charge is -2.03. The van der Waals surface area contributed by atoms with Gasteiger partial charge in [0.2, 0.25) is 5.13 Å². The van der Waals surface area contributed by atoms with E-state index >= 15 is 0 Å². The molecular formula is C19H19N3OS. The normalized spacial score (nSPS) is 11.0. The molecule has 0 atom stereocenters. The molecule has 0 aliphatic heterocycles. The molecule has 0 unspecified atom stereocenters. The van der Waals surface area contributed by atoms with Crippen molar-refractivity contribution < 1.29 is 4.74 Å². The Balaban J connectivity index is 1.71. The van der Waals surface area contributed by atoms with Gasteiger partial charge in [-0.05, 0) is 37.1 Å². The van der Waals surface area contributed by atoms with Crippen molar-refractivity contribution in [1.29, 1.82) is 0 Å². The van der Waals surface area contributed by atoms with Crippen LogP contribution in [0.4, 0.5) is 5.13 Å². The minimum Gasteiger partial charge on any atom is -0.497 e. The van der Waals surface area contributed by atoms with Crippen LogP contribution in [0.15, 0.2) is 52.9 Å². The van der Waals surface area contributed by atoms with Crippen LogP contribution in [0.3, 0.4) is 0 Å². The van der Waals surface area contributed by atoms with Crippen LogP contribution in [-0.4, -0.2) is 18.3 Å². The molecule has 0 fully saturated rings. The summed E-state index contributed by atoms with van der Waals surface area (Å²) in [5, 5.41) is 7.06. The van der Waals surface area contributed by atoms with Gasteiger partial charge in [-0.1, -0.05) is 35.9 Å². The van der Waals surface area contributed by atoms with Gasteiger partial charge in [-0.2, -0.15) is 5.10 Å². The van der Waals surface area contributed by atoms with Gasteiger partial charge in [0.05, 0.1) is 19.0 Å². The third-order valence-corrected chi connectivity index (χ3v) is 4.38. The van der Waals surface area contributed by atoms with Gasteiger partial charge in [0, 0.05) is 10.9 Å². The Morgan fingerprint density at radius 3 is 2.83 bits per heavy atom. The highest BCUT2D eigenvalue weighted by molar-refractivity contribution is 7.14. The van der Waals surface area contributed by atoms with Crippen molar-refractivity contribution in [2.45, 2.75) is 13.8 Å². The Kier molecular flexibility index (Phi) is 4.91. The van der Waals surface area contributed by atoms with Gasteiger partial charge < -0.3 is 4.74 Å². The maximum Gasteiger partial charge on any atom is 0.203 e. The van der Waals surface area contributed by atoms with Gasteiger partial charge >= 0.3 is 0 Å². The molecule has 1 heterocycles. The summed E-state index contributed by atoms with van der Waals surface area (Å²) >= 11 is 1.54. The monoisotopic (exact) mass is 337 g/mol. The number of benzene rings is 2. The van der Waals surface area contributed by atoms with Gasteiger partial charge in [0.15, 0.2) is 0 Å². The molecule has 3 rings (SSSR count). The fourth-order valence-corrected chi connectivity index (χ4v) is 3.09. The first-order chi connectivity index (χ1) is 11.7. The third-order valence-electron chi connectivity index (χ3n) is 3.63. The lowest BCUT2D eigenvalue weighted by Crippen LogP contribution is -1.91. The molecule has 4 nitrogen and oxygen atoms in total. The summed E-state index contributed by atoms with van der Waals surface area (Å²) in [6.07, 6.45) is 1.75. The van der Waals surface area contributed by atoms with Gasteiger partial charge in [-0.25, -0.2) is 4.98 Å². The van der Waals surface area contributed by atoms with E-state index in [1.54, 1.807) is 13.3 Å². The summed E-state index contributed by atoms with van der Waals surface area (Å²) in [6, 6.07) is 14.1. The zero-order valence-corrected chi connectivity index (χ0v) is 14.7. The topological polar surface area (TPSA) is 46.5 Å². The molecule has 0 amide bonds. The molecule has 0 radical (unpaired) electrons. The number of ether oxygens (including phenoxy) is 1. The summed E-state index contributed by atoms with van der Waals surface area (Å²) in [4.78, 5) is 4.60. The number of aryl methyl sites for hydroxylation is 2. The maximum atomic E-state index is 5.20. The van der Waals surface area contributed by atoms with E-state index in [9.17, 15) is 0 Å². The second kappa shape index (κ2) is 7.27. The van der Waals surface area contributed by atoms with Gasteiger partial charge in [-0.15, -0.1) is 11.3 Å². The first-order valence-corrected chi connectivity index (χ1v) is 8.50. The number of methoxy groups -OCH3 is 1. The molecule has 2 aromatic carbocycles. The summed E-state index contributed by atoms with van der Waals surface area (Å²) in [6.45, 7) is 4.20. The summed E-state index contributed by atoms with van der Waals surface area (Å²) in [7, 11) is 1.65. The predicted octanol–water partition coefficient (Wildman–Crippen LogP) is 4.88. The van der Waals surface area contributed by atoms with Crippen LogP contribution >= 0.6 is 11.3 Å². The lowest BCUT2D eigenvalue weighted by molar-refractivity contribution is 0.415. The van der Waals surface area contributed by atoms with Crippen molar-refractivity contribution in [3.05, 3.63) is 64.5 Å². The molecule has 0 saturated carbocycles. The van der Waals surface area contributed by atoms with Gasteiger partial charge in [-0.3, -0.25) is 5.43 Å². The number of anilines is 1. The quantitative estimate of drug-likeness (QED) is 0.533. The number of nitrogens with zero attached hydrogens (tertiary/aromatic N) is 2. The van der Waals surface area contributed by atoms with Crippen LogP contribution in [0.25, 0.3) is 11.3 Å². The second-order valence-electron chi connectivity index (χ2n) is 5.50. The van der Waals surface area contributed by atoms with Crippen molar-refractivity contribution in [2.24, 2.45) is 5.10 Å². The highest BCUT2D eigenvalue weighted by Crippen LogP contribution is 2.27. The largest absolute Gasteiger partial charge is 0.497 e. The van der Waals surface area contributed by atoms with E-state index in [1.807, 2.05) is 29.6 Å². The average Bonchev–Trinajstić information content (AvgIpc) is 3.03. The minimum atomic E-state index is 0.768. The Labute approximate surface area is 145 Å². The Morgan fingerprint density at radius 1 is 1.17 bits per heavy atom. The highest BCUT2D eigenvalue weighted by atomic mass is 32.1. The number of hydrogen-bond acceptors (Lipinski definition) is 5. The first-order valence-electron chi connectivity index (χ1n) is 7.62. The fourth-order valence-electron chi connectivity index (χ4n) is 2.43. The molecule has 0 spiro atoms. The van der Waals surface area contributed by atoms with Crippen molar-refractivity contribution in [3.8, 4) is 17.0 Å². The molecule has 0 aliphatic rings. The van der Waals surface area contributed by atoms with Crippen LogP contribution < -0.4 is 10.2 Å². The minimum absolute atomic E-state index is 0.768. The van der Waals surface area contributed by atoms with Crippen LogP contribution in [0.5, 0.6) is 5.75 Å². The average molecular weight is 337 g/mol. The van der Waals surface area contributed by atoms with Crippen LogP contribution in [0.1, 0.15) is 16.7 Å². The summed E-state index contributed by atoms with van der Waals surface area (Å²) in [5.74, 6) is 0.810. The first kappa shape index (κ1) is 16.2. The van der Waals surface area contributed by atoms with E-state index in [-0.39, 0.29) is 0 Å². The number of thiazole rings is 1. The Hall–Kier alpha value is -2.66. The lowest BCUT2D eigenvalue weighted by atomic mass is 10.0. The van der Waals surface area contributed by atoms with Crippen molar-refractivity contribution >= 4 is 22.7 Å². The molecule has 0 saturated heterocycles. The van der Waals surface area contributed by atoms with E-state index in [1.165, 1.54) is 22.5 Å². The van der Waals surface area contributed by atoms with Crippen LogP contribution in [0.2, 0.25) is 0 Å². The van der Waals surface area contributed by atoms with E-state index in [0.717, 1.165) is 27.7 Å². The molecule has 24 heavy (non-hydrogen) atoms. The third kappa shape index (κ3) is 3.81. The highest BCUT2D eigenvalue weighted by Gasteiger charge is 2.06. The Bertz CT molecular complexity index is 871. The SMILES string of the molecule is COc1cccc(C=NNc2nc(-c3ccc(C)cc3C)cs2)c1. The van der Waals surface area contributed by atoms with Crippen molar-refractivity contribution in [3.63, 3.8) is 0 Å². The van der Waals surface area contributed by atoms with E-state index in [0.29, 0.717) is 0 Å². The maximum absolute atomic E-state index is 5.20. The molecule has 5 heteroatoms. The Morgan fingerprint density at radius 2 is 2.04 bits per heavy atom. The summed E-state index contributed by atoms with van der Waals surface area (Å²) in [5.41, 5.74) is 8.56. The fraction of sp³-hybridized carbons (Fsp3) is 0.158. The molecule has 0 aliphatic carbocycles. The number of nitrogens with one attached hydrogen (secondary N) is 1. The van der Waals surface area contributed by atoms with Crippen molar-refractivity contribution in [1.82, 2.24) is 4.98 Å². The predicted molar refractivity (Wildman–Crippen MR) is 101 cm³/mol. The molecule has 1 aromatic heterocycles. The number of rotatable bonds is 5. The zero-order valence-electron chi connectivity index (χ0n) is 13.9.